The molecule has 0 atom stereocenters. The molecular weight excluding hydrogens is 302 g/mol. The summed E-state index contributed by atoms with van der Waals surface area (Å²) in [5, 5.41) is 10.2. The molecule has 22 heavy (non-hydrogen) atoms. The van der Waals surface area contributed by atoms with Crippen LogP contribution in [0.4, 0.5) is 11.6 Å². The number of carbonyl (C=O) groups excluding carboxylic acids is 1. The van der Waals surface area contributed by atoms with E-state index in [0.29, 0.717) is 24.0 Å². The van der Waals surface area contributed by atoms with Crippen molar-refractivity contribution < 1.29 is 4.79 Å². The number of hydrogen-bond acceptors (Lipinski definition) is 5. The number of H-pyrrole nitrogens is 1. The van der Waals surface area contributed by atoms with Crippen LogP contribution in [0, 0.1) is 12.3 Å². The Morgan fingerprint density at radius 3 is 2.95 bits per heavy atom. The second-order valence-electron chi connectivity index (χ2n) is 5.14. The molecule has 0 unspecified atom stereocenters. The number of hydrogen-bond donors (Lipinski definition) is 2. The van der Waals surface area contributed by atoms with E-state index in [1.54, 1.807) is 6.07 Å². The zero-order valence-corrected chi connectivity index (χ0v) is 12.5. The third kappa shape index (κ3) is 3.43. The standard InChI is InChI=1S/C15H14ClN5O/c1-2-3-4-12(22)11-8-13(19-15(16)17-11)18-14-7-10(20-21-14)9-5-6-9/h1,7-9H,3-6H2,(H2,17,18,19,20,21). The van der Waals surface area contributed by atoms with Gasteiger partial charge >= 0.3 is 0 Å². The fourth-order valence-corrected chi connectivity index (χ4v) is 2.26. The van der Waals surface area contributed by atoms with Crippen LogP contribution in [0.25, 0.3) is 0 Å². The van der Waals surface area contributed by atoms with Gasteiger partial charge in [0.2, 0.25) is 5.28 Å². The Labute approximate surface area is 132 Å². The molecule has 112 valence electrons. The van der Waals surface area contributed by atoms with Crippen LogP contribution in [-0.2, 0) is 0 Å². The molecule has 6 nitrogen and oxygen atoms in total. The fraction of sp³-hybridized carbons (Fsp3) is 0.333. The van der Waals surface area contributed by atoms with Crippen LogP contribution in [0.1, 0.15) is 47.8 Å². The van der Waals surface area contributed by atoms with Crippen molar-refractivity contribution in [1.29, 1.82) is 0 Å². The van der Waals surface area contributed by atoms with Gasteiger partial charge < -0.3 is 5.32 Å². The topological polar surface area (TPSA) is 83.6 Å². The van der Waals surface area contributed by atoms with Gasteiger partial charge in [0, 0.05) is 36.6 Å². The van der Waals surface area contributed by atoms with Crippen molar-refractivity contribution in [2.75, 3.05) is 5.32 Å². The van der Waals surface area contributed by atoms with Crippen LogP contribution < -0.4 is 5.32 Å². The van der Waals surface area contributed by atoms with E-state index < -0.39 is 0 Å². The fourth-order valence-electron chi connectivity index (χ4n) is 2.07. The van der Waals surface area contributed by atoms with Crippen molar-refractivity contribution in [3.8, 4) is 12.3 Å². The summed E-state index contributed by atoms with van der Waals surface area (Å²) in [6.07, 6.45) is 8.14. The van der Waals surface area contributed by atoms with Gasteiger partial charge in [0.05, 0.1) is 0 Å². The summed E-state index contributed by atoms with van der Waals surface area (Å²) < 4.78 is 0. The number of halogens is 1. The molecule has 1 aliphatic rings. The van der Waals surface area contributed by atoms with Gasteiger partial charge in [-0.3, -0.25) is 9.89 Å². The highest BCUT2D eigenvalue weighted by Gasteiger charge is 2.25. The number of ketones is 1. The normalized spacial score (nSPS) is 13.6. The van der Waals surface area contributed by atoms with Crippen molar-refractivity contribution in [1.82, 2.24) is 20.2 Å². The maximum atomic E-state index is 12.0. The van der Waals surface area contributed by atoms with Crippen LogP contribution in [0.2, 0.25) is 5.28 Å². The molecule has 2 aromatic heterocycles. The molecule has 1 aliphatic carbocycles. The van der Waals surface area contributed by atoms with Crippen molar-refractivity contribution in [2.24, 2.45) is 0 Å². The van der Waals surface area contributed by atoms with E-state index in [2.05, 4.69) is 31.4 Å². The highest BCUT2D eigenvalue weighted by atomic mass is 35.5. The minimum absolute atomic E-state index is 0.00649. The van der Waals surface area contributed by atoms with Crippen LogP contribution >= 0.6 is 11.6 Å². The molecular formula is C15H14ClN5O. The number of nitrogens with zero attached hydrogens (tertiary/aromatic N) is 3. The first kappa shape index (κ1) is 14.5. The Hall–Kier alpha value is -2.39. The number of terminal acetylenes is 1. The first-order chi connectivity index (χ1) is 10.7. The second-order valence-corrected chi connectivity index (χ2v) is 5.48. The first-order valence-corrected chi connectivity index (χ1v) is 7.37. The van der Waals surface area contributed by atoms with E-state index in [-0.39, 0.29) is 23.2 Å². The molecule has 0 radical (unpaired) electrons. The molecule has 2 heterocycles. The molecule has 2 N–H and O–H groups in total. The number of carbonyl (C=O) groups is 1. The third-order valence-corrected chi connectivity index (χ3v) is 3.52. The van der Waals surface area contributed by atoms with E-state index in [1.807, 2.05) is 6.07 Å². The van der Waals surface area contributed by atoms with E-state index in [9.17, 15) is 4.79 Å². The van der Waals surface area contributed by atoms with Gasteiger partial charge in [-0.25, -0.2) is 9.97 Å². The number of aromatic amines is 1. The Bertz CT molecular complexity index is 745. The van der Waals surface area contributed by atoms with E-state index >= 15 is 0 Å². The molecule has 0 aliphatic heterocycles. The first-order valence-electron chi connectivity index (χ1n) is 6.99. The molecule has 1 saturated carbocycles. The van der Waals surface area contributed by atoms with Gasteiger partial charge in [0.1, 0.15) is 11.5 Å². The summed E-state index contributed by atoms with van der Waals surface area (Å²) in [7, 11) is 0. The number of anilines is 2. The average Bonchev–Trinajstić information content (AvgIpc) is 3.25. The summed E-state index contributed by atoms with van der Waals surface area (Å²) in [6, 6.07) is 3.49. The highest BCUT2D eigenvalue weighted by Crippen LogP contribution is 2.39. The number of rotatable bonds is 6. The van der Waals surface area contributed by atoms with Crippen molar-refractivity contribution >= 4 is 29.0 Å². The van der Waals surface area contributed by atoms with E-state index in [4.69, 9.17) is 18.0 Å². The quantitative estimate of drug-likeness (QED) is 0.486. The summed E-state index contributed by atoms with van der Waals surface area (Å²) in [6.45, 7) is 0. The molecule has 0 aromatic carbocycles. The molecule has 0 bridgehead atoms. The van der Waals surface area contributed by atoms with Gasteiger partial charge in [0.25, 0.3) is 0 Å². The molecule has 0 amide bonds. The highest BCUT2D eigenvalue weighted by molar-refractivity contribution is 6.28. The summed E-state index contributed by atoms with van der Waals surface area (Å²) in [5.41, 5.74) is 1.35. The largest absolute Gasteiger partial charge is 0.323 e. The Morgan fingerprint density at radius 2 is 2.23 bits per heavy atom. The molecule has 0 saturated heterocycles. The Kier molecular flexibility index (Phi) is 4.07. The molecule has 1 fully saturated rings. The van der Waals surface area contributed by atoms with Gasteiger partial charge in [-0.05, 0) is 24.4 Å². The predicted molar refractivity (Wildman–Crippen MR) is 83.3 cm³/mol. The average molecular weight is 316 g/mol. The van der Waals surface area contributed by atoms with Crippen LogP contribution in [0.5, 0.6) is 0 Å². The lowest BCUT2D eigenvalue weighted by Crippen LogP contribution is -2.05. The second kappa shape index (κ2) is 6.16. The Morgan fingerprint density at radius 1 is 1.41 bits per heavy atom. The molecule has 3 rings (SSSR count). The van der Waals surface area contributed by atoms with Gasteiger partial charge in [-0.15, -0.1) is 12.3 Å². The van der Waals surface area contributed by atoms with Crippen molar-refractivity contribution in [3.63, 3.8) is 0 Å². The van der Waals surface area contributed by atoms with Crippen molar-refractivity contribution in [2.45, 2.75) is 31.6 Å². The SMILES string of the molecule is C#CCCC(=O)c1cc(Nc2cc(C3CC3)[nH]n2)nc(Cl)n1. The van der Waals surface area contributed by atoms with Crippen molar-refractivity contribution in [3.05, 3.63) is 28.8 Å². The summed E-state index contributed by atoms with van der Waals surface area (Å²) in [5.74, 6) is 3.92. The number of aromatic nitrogens is 4. The van der Waals surface area contributed by atoms with Gasteiger partial charge in [-0.1, -0.05) is 0 Å². The van der Waals surface area contributed by atoms with Gasteiger partial charge in [-0.2, -0.15) is 5.10 Å². The summed E-state index contributed by atoms with van der Waals surface area (Å²) >= 11 is 5.88. The predicted octanol–water partition coefficient (Wildman–Crippen LogP) is 3.07. The third-order valence-electron chi connectivity index (χ3n) is 3.35. The maximum Gasteiger partial charge on any atom is 0.225 e. The van der Waals surface area contributed by atoms with E-state index in [1.165, 1.54) is 12.8 Å². The van der Waals surface area contributed by atoms with Crippen LogP contribution in [0.15, 0.2) is 12.1 Å². The molecule has 0 spiro atoms. The van der Waals surface area contributed by atoms with Gasteiger partial charge in [0.15, 0.2) is 11.6 Å². The lowest BCUT2D eigenvalue weighted by molar-refractivity contribution is 0.0979. The Balaban J connectivity index is 1.76. The monoisotopic (exact) mass is 315 g/mol. The minimum Gasteiger partial charge on any atom is -0.323 e. The minimum atomic E-state index is -0.161. The van der Waals surface area contributed by atoms with E-state index in [0.717, 1.165) is 5.69 Å². The molecule has 2 aromatic rings. The zero-order chi connectivity index (χ0) is 15.5. The van der Waals surface area contributed by atoms with Crippen LogP contribution in [0.3, 0.4) is 0 Å². The maximum absolute atomic E-state index is 12.0. The lowest BCUT2D eigenvalue weighted by Gasteiger charge is -2.04. The lowest BCUT2D eigenvalue weighted by atomic mass is 10.1. The summed E-state index contributed by atoms with van der Waals surface area (Å²) in [4.78, 5) is 20.0. The number of nitrogens with one attached hydrogen (secondary N) is 2. The van der Waals surface area contributed by atoms with Crippen LogP contribution in [-0.4, -0.2) is 25.9 Å². The molecule has 7 heteroatoms. The number of Topliss-reactive ketones (excluding diaryl/α,β-unsaturated/α-hetero) is 1. The smallest absolute Gasteiger partial charge is 0.225 e. The zero-order valence-electron chi connectivity index (χ0n) is 11.8.